The first-order chi connectivity index (χ1) is 12.4. The molecule has 1 aliphatic heterocycles. The lowest BCUT2D eigenvalue weighted by molar-refractivity contribution is -0.222. The van der Waals surface area contributed by atoms with Crippen LogP contribution in [0, 0.1) is 0 Å². The van der Waals surface area contributed by atoms with Gasteiger partial charge >= 0.3 is 11.9 Å². The fourth-order valence-corrected chi connectivity index (χ4v) is 2.24. The molecule has 0 radical (unpaired) electrons. The Balaban J connectivity index is 1.78. The number of methoxy groups -OCH3 is 1. The van der Waals surface area contributed by atoms with Gasteiger partial charge < -0.3 is 19.5 Å². The second kappa shape index (κ2) is 6.83. The largest absolute Gasteiger partial charge is 0.497 e. The van der Waals surface area contributed by atoms with E-state index in [1.165, 1.54) is 20.0 Å². The lowest BCUT2D eigenvalue weighted by atomic mass is 10.2. The van der Waals surface area contributed by atoms with Crippen molar-refractivity contribution >= 4 is 17.8 Å². The molecule has 0 atom stereocenters. The Morgan fingerprint density at radius 1 is 1.08 bits per heavy atom. The molecular formula is C18H17N3O5. The molecule has 0 saturated carbocycles. The third-order valence-corrected chi connectivity index (χ3v) is 3.48. The Kier molecular flexibility index (Phi) is 4.57. The molecule has 0 unspecified atom stereocenters. The van der Waals surface area contributed by atoms with Crippen LogP contribution in [-0.2, 0) is 19.1 Å². The molecule has 2 aromatic rings. The van der Waals surface area contributed by atoms with Crippen LogP contribution in [0.5, 0.6) is 5.75 Å². The van der Waals surface area contributed by atoms with Crippen LogP contribution in [0.2, 0.25) is 0 Å². The normalized spacial score (nSPS) is 15.7. The van der Waals surface area contributed by atoms with Crippen molar-refractivity contribution in [3.63, 3.8) is 0 Å². The average Bonchev–Trinajstić information content (AvgIpc) is 2.60. The van der Waals surface area contributed by atoms with Gasteiger partial charge in [-0.05, 0) is 30.3 Å². The van der Waals surface area contributed by atoms with E-state index < -0.39 is 17.7 Å². The number of carbonyl (C=O) groups excluding carboxylic acids is 2. The van der Waals surface area contributed by atoms with Gasteiger partial charge in [-0.25, -0.2) is 19.6 Å². The molecule has 8 nitrogen and oxygen atoms in total. The molecule has 1 aliphatic rings. The number of nitrogens with one attached hydrogen (secondary N) is 1. The van der Waals surface area contributed by atoms with E-state index in [2.05, 4.69) is 15.3 Å². The number of rotatable bonds is 4. The monoisotopic (exact) mass is 355 g/mol. The maximum atomic E-state index is 11.9. The molecule has 1 N–H and O–H groups in total. The number of carbonyl (C=O) groups is 2. The van der Waals surface area contributed by atoms with E-state index in [0.29, 0.717) is 11.6 Å². The summed E-state index contributed by atoms with van der Waals surface area (Å²) in [6.07, 6.45) is 2.77. The minimum absolute atomic E-state index is 0.242. The first-order valence-electron chi connectivity index (χ1n) is 7.79. The van der Waals surface area contributed by atoms with E-state index in [4.69, 9.17) is 14.2 Å². The molecule has 8 heteroatoms. The van der Waals surface area contributed by atoms with Crippen molar-refractivity contribution in [1.82, 2.24) is 9.97 Å². The molecule has 134 valence electrons. The van der Waals surface area contributed by atoms with E-state index in [9.17, 15) is 9.59 Å². The highest BCUT2D eigenvalue weighted by atomic mass is 16.7. The van der Waals surface area contributed by atoms with Gasteiger partial charge in [0.15, 0.2) is 11.4 Å². The maximum Gasteiger partial charge on any atom is 0.350 e. The SMILES string of the molecule is COc1ccc(-c2nccc(NC=C3C(=O)OC(C)(C)OC3=O)n2)cc1. The molecule has 1 fully saturated rings. The van der Waals surface area contributed by atoms with E-state index in [1.807, 2.05) is 12.1 Å². The first-order valence-corrected chi connectivity index (χ1v) is 7.79. The third-order valence-electron chi connectivity index (χ3n) is 3.48. The summed E-state index contributed by atoms with van der Waals surface area (Å²) in [4.78, 5) is 32.4. The third kappa shape index (κ3) is 3.80. The van der Waals surface area contributed by atoms with Crippen LogP contribution in [0.3, 0.4) is 0 Å². The molecule has 0 amide bonds. The smallest absolute Gasteiger partial charge is 0.350 e. The lowest BCUT2D eigenvalue weighted by Crippen LogP contribution is -2.42. The first kappa shape index (κ1) is 17.4. The quantitative estimate of drug-likeness (QED) is 0.507. The number of esters is 2. The Labute approximate surface area is 149 Å². The molecule has 3 rings (SSSR count). The number of cyclic esters (lactones) is 2. The highest BCUT2D eigenvalue weighted by molar-refractivity contribution is 6.15. The second-order valence-corrected chi connectivity index (χ2v) is 5.88. The number of nitrogens with zero attached hydrogens (tertiary/aromatic N) is 2. The number of benzene rings is 1. The van der Waals surface area contributed by atoms with Gasteiger partial charge in [-0.1, -0.05) is 0 Å². The molecule has 2 heterocycles. The summed E-state index contributed by atoms with van der Waals surface area (Å²) >= 11 is 0. The van der Waals surface area contributed by atoms with Crippen molar-refractivity contribution < 1.29 is 23.8 Å². The van der Waals surface area contributed by atoms with Gasteiger partial charge in [-0.15, -0.1) is 0 Å². The summed E-state index contributed by atoms with van der Waals surface area (Å²) in [7, 11) is 1.59. The van der Waals surface area contributed by atoms with Crippen LogP contribution >= 0.6 is 0 Å². The van der Waals surface area contributed by atoms with Crippen LogP contribution in [0.4, 0.5) is 5.82 Å². The number of anilines is 1. The van der Waals surface area contributed by atoms with Crippen LogP contribution in [0.25, 0.3) is 11.4 Å². The number of hydrogen-bond donors (Lipinski definition) is 1. The van der Waals surface area contributed by atoms with Gasteiger partial charge in [0.2, 0.25) is 0 Å². The zero-order valence-electron chi connectivity index (χ0n) is 14.5. The lowest BCUT2D eigenvalue weighted by Gasteiger charge is -2.29. The predicted octanol–water partition coefficient (Wildman–Crippen LogP) is 2.28. The predicted molar refractivity (Wildman–Crippen MR) is 92.0 cm³/mol. The number of hydrogen-bond acceptors (Lipinski definition) is 8. The van der Waals surface area contributed by atoms with Gasteiger partial charge in [0, 0.05) is 31.8 Å². The number of ether oxygens (including phenoxy) is 3. The minimum atomic E-state index is -1.28. The zero-order valence-corrected chi connectivity index (χ0v) is 14.5. The zero-order chi connectivity index (χ0) is 18.7. The molecule has 26 heavy (non-hydrogen) atoms. The Morgan fingerprint density at radius 2 is 1.73 bits per heavy atom. The van der Waals surface area contributed by atoms with Crippen molar-refractivity contribution in [1.29, 1.82) is 0 Å². The molecule has 0 spiro atoms. The van der Waals surface area contributed by atoms with Crippen LogP contribution in [0.1, 0.15) is 13.8 Å². The minimum Gasteiger partial charge on any atom is -0.497 e. The molecule has 1 aromatic heterocycles. The van der Waals surface area contributed by atoms with Gasteiger partial charge in [0.05, 0.1) is 7.11 Å². The molecule has 0 aliphatic carbocycles. The highest BCUT2D eigenvalue weighted by Crippen LogP contribution is 2.23. The number of aromatic nitrogens is 2. The summed E-state index contributed by atoms with van der Waals surface area (Å²) < 4.78 is 15.2. The summed E-state index contributed by atoms with van der Waals surface area (Å²) in [5, 5.41) is 2.80. The summed E-state index contributed by atoms with van der Waals surface area (Å²) in [5.41, 5.74) is 0.550. The van der Waals surface area contributed by atoms with E-state index in [0.717, 1.165) is 11.3 Å². The van der Waals surface area contributed by atoms with Gasteiger partial charge in [0.25, 0.3) is 5.79 Å². The van der Waals surface area contributed by atoms with Gasteiger partial charge in [-0.2, -0.15) is 0 Å². The van der Waals surface area contributed by atoms with E-state index in [1.54, 1.807) is 31.5 Å². The summed E-state index contributed by atoms with van der Waals surface area (Å²) in [6.45, 7) is 2.97. The second-order valence-electron chi connectivity index (χ2n) is 5.88. The highest BCUT2D eigenvalue weighted by Gasteiger charge is 2.38. The molecule has 1 saturated heterocycles. The van der Waals surface area contributed by atoms with Crippen molar-refractivity contribution in [2.45, 2.75) is 19.6 Å². The fraction of sp³-hybridized carbons (Fsp3) is 0.222. The summed E-state index contributed by atoms with van der Waals surface area (Å²) in [5.74, 6) is -1.19. The standard InChI is InChI=1S/C18H17N3O5/c1-18(2)25-16(22)13(17(23)26-18)10-20-14-8-9-19-15(21-14)11-4-6-12(24-3)7-5-11/h4-10H,1-3H3,(H,19,20,21). The van der Waals surface area contributed by atoms with E-state index in [-0.39, 0.29) is 5.57 Å². The van der Waals surface area contributed by atoms with Crippen LogP contribution < -0.4 is 10.1 Å². The maximum absolute atomic E-state index is 11.9. The van der Waals surface area contributed by atoms with Crippen LogP contribution in [0.15, 0.2) is 48.3 Å². The molecule has 0 bridgehead atoms. The van der Waals surface area contributed by atoms with Crippen LogP contribution in [-0.4, -0.2) is 34.8 Å². The average molecular weight is 355 g/mol. The van der Waals surface area contributed by atoms with Gasteiger partial charge in [0.1, 0.15) is 11.6 Å². The Bertz CT molecular complexity index is 853. The van der Waals surface area contributed by atoms with E-state index >= 15 is 0 Å². The van der Waals surface area contributed by atoms with Gasteiger partial charge in [-0.3, -0.25) is 0 Å². The topological polar surface area (TPSA) is 99.6 Å². The summed E-state index contributed by atoms with van der Waals surface area (Å²) in [6, 6.07) is 8.86. The molecule has 1 aromatic carbocycles. The fourth-order valence-electron chi connectivity index (χ4n) is 2.24. The van der Waals surface area contributed by atoms with Crippen molar-refractivity contribution in [2.75, 3.05) is 12.4 Å². The van der Waals surface area contributed by atoms with Crippen molar-refractivity contribution in [3.8, 4) is 17.1 Å². The van der Waals surface area contributed by atoms with Crippen molar-refractivity contribution in [3.05, 3.63) is 48.3 Å². The Hall–Kier alpha value is -3.42. The Morgan fingerprint density at radius 3 is 2.35 bits per heavy atom. The van der Waals surface area contributed by atoms with Crippen molar-refractivity contribution in [2.24, 2.45) is 0 Å². The molecular weight excluding hydrogens is 338 g/mol.